The topological polar surface area (TPSA) is 37.3 Å². The summed E-state index contributed by atoms with van der Waals surface area (Å²) in [7, 11) is 0. The van der Waals surface area contributed by atoms with Crippen LogP contribution >= 0.6 is 0 Å². The van der Waals surface area contributed by atoms with E-state index in [0.29, 0.717) is 0 Å². The van der Waals surface area contributed by atoms with E-state index in [2.05, 4.69) is 0 Å². The molecule has 0 bridgehead atoms. The Bertz CT molecular complexity index is 280. The number of alkyl halides is 3. The molecule has 0 saturated carbocycles. The van der Waals surface area contributed by atoms with E-state index in [-0.39, 0.29) is 0 Å². The molecule has 0 aromatic heterocycles. The molecular formula is C7H7F3O2S. The van der Waals surface area contributed by atoms with Crippen molar-refractivity contribution in [1.29, 1.82) is 0 Å². The smallest absolute Gasteiger partial charge is 0.306 e. The molecule has 1 rings (SSSR count). The van der Waals surface area contributed by atoms with Crippen molar-refractivity contribution in [3.05, 3.63) is 23.8 Å². The Morgan fingerprint density at radius 3 is 2.62 bits per heavy atom. The van der Waals surface area contributed by atoms with Gasteiger partial charge in [0, 0.05) is 5.57 Å². The minimum Gasteiger partial charge on any atom is -0.306 e. The number of hydrogen-bond acceptors (Lipinski definition) is 1. The molecule has 13 heavy (non-hydrogen) atoms. The molecule has 0 aromatic carbocycles. The molecule has 1 aliphatic carbocycles. The number of rotatable bonds is 1. The average molecular weight is 212 g/mol. The van der Waals surface area contributed by atoms with Crippen LogP contribution in [-0.2, 0) is 11.1 Å². The van der Waals surface area contributed by atoms with Crippen molar-refractivity contribution in [3.63, 3.8) is 0 Å². The van der Waals surface area contributed by atoms with Crippen LogP contribution < -0.4 is 0 Å². The van der Waals surface area contributed by atoms with Crippen LogP contribution in [0.1, 0.15) is 6.42 Å². The van der Waals surface area contributed by atoms with E-state index >= 15 is 0 Å². The zero-order chi connectivity index (χ0) is 10.1. The summed E-state index contributed by atoms with van der Waals surface area (Å²) >= 11 is -2.24. The Balaban J connectivity index is 2.78. The molecule has 0 amide bonds. The first-order chi connectivity index (χ1) is 5.91. The fraction of sp³-hybridized carbons (Fsp3) is 0.429. The SMILES string of the molecule is O=S(O)C1C=CC=C(C(F)(F)F)C1. The molecule has 1 aliphatic rings. The van der Waals surface area contributed by atoms with Crippen molar-refractivity contribution in [2.45, 2.75) is 17.8 Å². The maximum Gasteiger partial charge on any atom is 0.412 e. The van der Waals surface area contributed by atoms with Crippen molar-refractivity contribution >= 4 is 11.1 Å². The van der Waals surface area contributed by atoms with Gasteiger partial charge in [0.2, 0.25) is 0 Å². The molecule has 2 unspecified atom stereocenters. The van der Waals surface area contributed by atoms with Crippen LogP contribution in [-0.4, -0.2) is 20.2 Å². The highest BCUT2D eigenvalue weighted by Crippen LogP contribution is 2.32. The van der Waals surface area contributed by atoms with Gasteiger partial charge in [0.25, 0.3) is 0 Å². The molecule has 2 nitrogen and oxygen atoms in total. The second kappa shape index (κ2) is 3.63. The Hall–Kier alpha value is -0.620. The molecule has 0 radical (unpaired) electrons. The normalized spacial score (nSPS) is 25.5. The van der Waals surface area contributed by atoms with Crippen LogP contribution in [0.25, 0.3) is 0 Å². The van der Waals surface area contributed by atoms with Gasteiger partial charge in [0.05, 0.1) is 5.25 Å². The van der Waals surface area contributed by atoms with Gasteiger partial charge < -0.3 is 4.55 Å². The molecule has 0 aliphatic heterocycles. The highest BCUT2D eigenvalue weighted by molar-refractivity contribution is 7.80. The summed E-state index contributed by atoms with van der Waals surface area (Å²) in [6.45, 7) is 0. The Morgan fingerprint density at radius 2 is 2.15 bits per heavy atom. The third-order valence-corrected chi connectivity index (χ3v) is 2.51. The molecular weight excluding hydrogens is 205 g/mol. The lowest BCUT2D eigenvalue weighted by Gasteiger charge is -2.17. The van der Waals surface area contributed by atoms with Gasteiger partial charge in [-0.1, -0.05) is 18.2 Å². The van der Waals surface area contributed by atoms with Crippen LogP contribution in [0.2, 0.25) is 0 Å². The van der Waals surface area contributed by atoms with Crippen LogP contribution in [0.3, 0.4) is 0 Å². The summed E-state index contributed by atoms with van der Waals surface area (Å²) in [5.41, 5.74) is -0.762. The first-order valence-corrected chi connectivity index (χ1v) is 4.62. The molecule has 0 saturated heterocycles. The van der Waals surface area contributed by atoms with Gasteiger partial charge in [-0.25, -0.2) is 4.21 Å². The summed E-state index contributed by atoms with van der Waals surface area (Å²) in [5.74, 6) is 0. The summed E-state index contributed by atoms with van der Waals surface area (Å²) in [6.07, 6.45) is -1.45. The van der Waals surface area contributed by atoms with E-state index in [4.69, 9.17) is 4.55 Å². The lowest BCUT2D eigenvalue weighted by atomic mass is 10.0. The number of allylic oxidation sites excluding steroid dienone is 3. The fourth-order valence-corrected chi connectivity index (χ4v) is 1.54. The fourth-order valence-electron chi connectivity index (χ4n) is 0.997. The molecule has 2 atom stereocenters. The monoisotopic (exact) mass is 212 g/mol. The molecule has 0 fully saturated rings. The summed E-state index contributed by atoms with van der Waals surface area (Å²) < 4.78 is 55.4. The quantitative estimate of drug-likeness (QED) is 0.675. The van der Waals surface area contributed by atoms with Gasteiger partial charge in [-0.05, 0) is 6.42 Å². The highest BCUT2D eigenvalue weighted by atomic mass is 32.2. The summed E-state index contributed by atoms with van der Waals surface area (Å²) in [6, 6.07) is 0. The predicted octanol–water partition coefficient (Wildman–Crippen LogP) is 2.03. The maximum atomic E-state index is 12.1. The third kappa shape index (κ3) is 2.67. The van der Waals surface area contributed by atoms with Crippen molar-refractivity contribution in [2.75, 3.05) is 0 Å². The molecule has 0 aromatic rings. The van der Waals surface area contributed by atoms with E-state index in [1.807, 2.05) is 0 Å². The first kappa shape index (κ1) is 10.5. The van der Waals surface area contributed by atoms with Crippen LogP contribution in [0.4, 0.5) is 13.2 Å². The average Bonchev–Trinajstić information content (AvgIpc) is 2.03. The van der Waals surface area contributed by atoms with Crippen molar-refractivity contribution in [2.24, 2.45) is 0 Å². The Labute approximate surface area is 75.4 Å². The van der Waals surface area contributed by atoms with E-state index in [1.165, 1.54) is 6.08 Å². The molecule has 0 spiro atoms. The predicted molar refractivity (Wildman–Crippen MR) is 42.5 cm³/mol. The minimum atomic E-state index is -4.40. The zero-order valence-corrected chi connectivity index (χ0v) is 7.23. The van der Waals surface area contributed by atoms with Gasteiger partial charge in [-0.2, -0.15) is 13.2 Å². The van der Waals surface area contributed by atoms with E-state index in [0.717, 1.165) is 12.2 Å². The maximum absolute atomic E-state index is 12.1. The van der Waals surface area contributed by atoms with Crippen molar-refractivity contribution in [3.8, 4) is 0 Å². The number of halogens is 3. The Morgan fingerprint density at radius 1 is 1.54 bits per heavy atom. The van der Waals surface area contributed by atoms with Crippen LogP contribution in [0.5, 0.6) is 0 Å². The molecule has 74 valence electrons. The molecule has 0 heterocycles. The van der Waals surface area contributed by atoms with Crippen molar-refractivity contribution in [1.82, 2.24) is 0 Å². The third-order valence-electron chi connectivity index (χ3n) is 1.67. The lowest BCUT2D eigenvalue weighted by Crippen LogP contribution is -2.22. The van der Waals surface area contributed by atoms with E-state index < -0.39 is 34.5 Å². The van der Waals surface area contributed by atoms with Gasteiger partial charge >= 0.3 is 6.18 Å². The lowest BCUT2D eigenvalue weighted by molar-refractivity contribution is -0.0939. The zero-order valence-electron chi connectivity index (χ0n) is 6.41. The standard InChI is InChI=1S/C7H7F3O2S/c8-7(9,10)5-2-1-3-6(4-5)13(11)12/h1-3,6H,4H2,(H,11,12). The molecule has 1 N–H and O–H groups in total. The Kier molecular flexibility index (Phi) is 2.92. The van der Waals surface area contributed by atoms with Gasteiger partial charge in [0.15, 0.2) is 11.1 Å². The first-order valence-electron chi connectivity index (χ1n) is 3.45. The van der Waals surface area contributed by atoms with Gasteiger partial charge in [-0.3, -0.25) is 0 Å². The van der Waals surface area contributed by atoms with Gasteiger partial charge in [-0.15, -0.1) is 0 Å². The van der Waals surface area contributed by atoms with Crippen LogP contribution in [0.15, 0.2) is 23.8 Å². The van der Waals surface area contributed by atoms with E-state index in [1.54, 1.807) is 0 Å². The van der Waals surface area contributed by atoms with Crippen LogP contribution in [0, 0.1) is 0 Å². The largest absolute Gasteiger partial charge is 0.412 e. The van der Waals surface area contributed by atoms with Crippen molar-refractivity contribution < 1.29 is 21.9 Å². The van der Waals surface area contributed by atoms with E-state index in [9.17, 15) is 17.4 Å². The summed E-state index contributed by atoms with van der Waals surface area (Å²) in [5, 5.41) is -0.943. The molecule has 6 heteroatoms. The van der Waals surface area contributed by atoms with Gasteiger partial charge in [0.1, 0.15) is 0 Å². The minimum absolute atomic E-state index is 0.427. The highest BCUT2D eigenvalue weighted by Gasteiger charge is 2.36. The second-order valence-electron chi connectivity index (χ2n) is 2.59. The second-order valence-corrected chi connectivity index (χ2v) is 3.75. The summed E-state index contributed by atoms with van der Waals surface area (Å²) in [4.78, 5) is 0. The number of hydrogen-bond donors (Lipinski definition) is 1.